The molecule has 35 heavy (non-hydrogen) atoms. The van der Waals surface area contributed by atoms with E-state index in [1.165, 1.54) is 5.56 Å². The Kier molecular flexibility index (Phi) is 7.16. The van der Waals surface area contributed by atoms with Crippen LogP contribution < -0.4 is 11.5 Å². The molecule has 0 fully saturated rings. The summed E-state index contributed by atoms with van der Waals surface area (Å²) in [7, 11) is 2.01. The summed E-state index contributed by atoms with van der Waals surface area (Å²) in [6.45, 7) is 3.26. The molecule has 0 unspecified atom stereocenters. The first-order chi connectivity index (χ1) is 16.8. The average molecular weight is 485 g/mol. The van der Waals surface area contributed by atoms with Crippen LogP contribution in [0, 0.1) is 18.8 Å². The number of nitrogens with two attached hydrogens (primary N) is 2. The lowest BCUT2D eigenvalue weighted by Gasteiger charge is -2.12. The number of carbonyl (C=O) groups is 1. The van der Waals surface area contributed by atoms with Gasteiger partial charge in [-0.25, -0.2) is 9.97 Å². The van der Waals surface area contributed by atoms with E-state index in [0.29, 0.717) is 39.8 Å². The Labute approximate surface area is 209 Å². The van der Waals surface area contributed by atoms with Crippen LogP contribution in [-0.4, -0.2) is 39.4 Å². The molecule has 2 aromatic heterocycles. The highest BCUT2D eigenvalue weighted by Crippen LogP contribution is 2.32. The number of halogens is 1. The molecule has 0 aliphatic carbocycles. The molecule has 0 saturated heterocycles. The van der Waals surface area contributed by atoms with Crippen molar-refractivity contribution in [3.8, 4) is 34.5 Å². The third-order valence-corrected chi connectivity index (χ3v) is 5.72. The molecule has 0 saturated carbocycles. The zero-order valence-electron chi connectivity index (χ0n) is 19.5. The molecule has 1 amide bonds. The van der Waals surface area contributed by atoms with Gasteiger partial charge >= 0.3 is 0 Å². The van der Waals surface area contributed by atoms with E-state index in [2.05, 4.69) is 43.8 Å². The molecular formula is C27H25ClN6O. The fourth-order valence-electron chi connectivity index (χ4n) is 3.77. The van der Waals surface area contributed by atoms with Gasteiger partial charge in [0.2, 0.25) is 5.95 Å². The average Bonchev–Trinajstić information content (AvgIpc) is 3.28. The molecule has 0 radical (unpaired) electrons. The van der Waals surface area contributed by atoms with Crippen LogP contribution in [0.25, 0.3) is 22.6 Å². The van der Waals surface area contributed by atoms with Gasteiger partial charge in [0.1, 0.15) is 5.69 Å². The van der Waals surface area contributed by atoms with Gasteiger partial charge in [0.25, 0.3) is 5.91 Å². The molecule has 8 heteroatoms. The number of anilines is 1. The maximum Gasteiger partial charge on any atom is 0.250 e. The van der Waals surface area contributed by atoms with Crippen molar-refractivity contribution in [3.63, 3.8) is 0 Å². The van der Waals surface area contributed by atoms with Crippen molar-refractivity contribution in [2.75, 3.05) is 19.3 Å². The number of nitrogen functional groups attached to an aromatic ring is 1. The van der Waals surface area contributed by atoms with Gasteiger partial charge in [-0.3, -0.25) is 9.69 Å². The highest BCUT2D eigenvalue weighted by atomic mass is 35.5. The maximum absolute atomic E-state index is 12.3. The van der Waals surface area contributed by atoms with Crippen molar-refractivity contribution < 1.29 is 4.79 Å². The number of hydrogen-bond acceptors (Lipinski definition) is 5. The molecule has 4 aromatic rings. The minimum absolute atomic E-state index is 0.0995. The molecular weight excluding hydrogens is 460 g/mol. The van der Waals surface area contributed by atoms with Gasteiger partial charge in [-0.05, 0) is 43.3 Å². The van der Waals surface area contributed by atoms with Crippen molar-refractivity contribution in [1.29, 1.82) is 0 Å². The molecule has 176 valence electrons. The Bertz CT molecular complexity index is 1440. The number of H-pyrrole nitrogens is 1. The number of amides is 1. The molecule has 2 aromatic carbocycles. The quantitative estimate of drug-likeness (QED) is 0.354. The number of aromatic nitrogens is 3. The number of benzene rings is 2. The lowest BCUT2D eigenvalue weighted by molar-refractivity contribution is 0.100. The number of hydrogen-bond donors (Lipinski definition) is 3. The fourth-order valence-corrected chi connectivity index (χ4v) is 3.94. The van der Waals surface area contributed by atoms with Gasteiger partial charge < -0.3 is 16.5 Å². The minimum Gasteiger partial charge on any atom is -0.368 e. The van der Waals surface area contributed by atoms with E-state index < -0.39 is 5.91 Å². The molecule has 0 aliphatic heterocycles. The second-order valence-corrected chi connectivity index (χ2v) is 8.68. The SMILES string of the molecule is Cc1ccc(Cl)cc1-c1[nH]c(-c2nc(N)ncc2C#CCN(C)Cc2ccccc2)cc1C(N)=O. The van der Waals surface area contributed by atoms with Crippen LogP contribution in [0.1, 0.15) is 27.0 Å². The lowest BCUT2D eigenvalue weighted by Crippen LogP contribution is -2.17. The zero-order valence-corrected chi connectivity index (χ0v) is 20.2. The van der Waals surface area contributed by atoms with Crippen molar-refractivity contribution in [2.45, 2.75) is 13.5 Å². The second-order valence-electron chi connectivity index (χ2n) is 8.25. The second kappa shape index (κ2) is 10.4. The Morgan fingerprint density at radius 2 is 1.94 bits per heavy atom. The van der Waals surface area contributed by atoms with E-state index in [4.69, 9.17) is 23.1 Å². The van der Waals surface area contributed by atoms with E-state index >= 15 is 0 Å². The summed E-state index contributed by atoms with van der Waals surface area (Å²) in [4.78, 5) is 26.2. The summed E-state index contributed by atoms with van der Waals surface area (Å²) in [6, 6.07) is 17.3. The normalized spacial score (nSPS) is 10.7. The van der Waals surface area contributed by atoms with E-state index in [9.17, 15) is 4.79 Å². The summed E-state index contributed by atoms with van der Waals surface area (Å²) in [6.07, 6.45) is 1.58. The monoisotopic (exact) mass is 484 g/mol. The van der Waals surface area contributed by atoms with E-state index in [1.807, 2.05) is 38.2 Å². The maximum atomic E-state index is 12.3. The summed E-state index contributed by atoms with van der Waals surface area (Å²) in [5.41, 5.74) is 17.0. The number of aromatic amines is 1. The molecule has 0 spiro atoms. The largest absolute Gasteiger partial charge is 0.368 e. The van der Waals surface area contributed by atoms with E-state index in [0.717, 1.165) is 17.7 Å². The van der Waals surface area contributed by atoms with Gasteiger partial charge in [0, 0.05) is 23.3 Å². The Balaban J connectivity index is 1.68. The lowest BCUT2D eigenvalue weighted by atomic mass is 10.0. The molecule has 2 heterocycles. The minimum atomic E-state index is -0.570. The van der Waals surface area contributed by atoms with Crippen LogP contribution in [0.4, 0.5) is 5.95 Å². The van der Waals surface area contributed by atoms with Crippen LogP contribution >= 0.6 is 11.6 Å². The van der Waals surface area contributed by atoms with Gasteiger partial charge in [0.15, 0.2) is 0 Å². The zero-order chi connectivity index (χ0) is 24.9. The fraction of sp³-hybridized carbons (Fsp3) is 0.148. The molecule has 4 rings (SSSR count). The van der Waals surface area contributed by atoms with Crippen molar-refractivity contribution in [1.82, 2.24) is 19.9 Å². The van der Waals surface area contributed by atoms with E-state index in [-0.39, 0.29) is 5.95 Å². The highest BCUT2D eigenvalue weighted by molar-refractivity contribution is 6.31. The molecule has 0 aliphatic rings. The smallest absolute Gasteiger partial charge is 0.250 e. The van der Waals surface area contributed by atoms with Crippen molar-refractivity contribution in [2.24, 2.45) is 5.73 Å². The van der Waals surface area contributed by atoms with Gasteiger partial charge in [-0.1, -0.05) is 59.8 Å². The Hall–Kier alpha value is -4.12. The molecule has 0 atom stereocenters. The van der Waals surface area contributed by atoms with Crippen LogP contribution in [0.3, 0.4) is 0 Å². The number of nitrogens with zero attached hydrogens (tertiary/aromatic N) is 3. The summed E-state index contributed by atoms with van der Waals surface area (Å²) < 4.78 is 0. The summed E-state index contributed by atoms with van der Waals surface area (Å²) in [5, 5.41) is 0.551. The summed E-state index contributed by atoms with van der Waals surface area (Å²) >= 11 is 6.21. The van der Waals surface area contributed by atoms with Gasteiger partial charge in [-0.15, -0.1) is 0 Å². The third kappa shape index (κ3) is 5.69. The topological polar surface area (TPSA) is 114 Å². The number of primary amides is 1. The first kappa shape index (κ1) is 24.0. The van der Waals surface area contributed by atoms with Gasteiger partial charge in [0.05, 0.1) is 29.1 Å². The molecule has 5 N–H and O–H groups in total. The summed E-state index contributed by atoms with van der Waals surface area (Å²) in [5.74, 6) is 5.85. The Morgan fingerprint density at radius 1 is 1.17 bits per heavy atom. The van der Waals surface area contributed by atoms with Crippen LogP contribution in [0.5, 0.6) is 0 Å². The van der Waals surface area contributed by atoms with Crippen molar-refractivity contribution >= 4 is 23.5 Å². The Morgan fingerprint density at radius 3 is 2.69 bits per heavy atom. The predicted molar refractivity (Wildman–Crippen MR) is 140 cm³/mol. The number of aryl methyl sites for hydroxylation is 1. The number of carbonyl (C=O) groups excluding carboxylic acids is 1. The van der Waals surface area contributed by atoms with Crippen molar-refractivity contribution in [3.05, 3.63) is 88.1 Å². The van der Waals surface area contributed by atoms with Gasteiger partial charge in [-0.2, -0.15) is 0 Å². The standard InChI is InChI=1S/C27H25ClN6O/c1-17-10-11-20(28)13-21(17)25-22(26(29)35)14-23(32-25)24-19(15-31-27(30)33-24)9-6-12-34(2)16-18-7-4-3-5-8-18/h3-5,7-8,10-11,13-15,32H,12,16H2,1-2H3,(H2,29,35)(H2,30,31,33). The predicted octanol–water partition coefficient (Wildman–Crippen LogP) is 4.27. The number of rotatable bonds is 6. The van der Waals surface area contributed by atoms with Crippen LogP contribution in [0.2, 0.25) is 5.02 Å². The first-order valence-corrected chi connectivity index (χ1v) is 11.3. The first-order valence-electron chi connectivity index (χ1n) is 11.0. The third-order valence-electron chi connectivity index (χ3n) is 5.48. The number of nitrogens with one attached hydrogen (secondary N) is 1. The van der Waals surface area contributed by atoms with E-state index in [1.54, 1.807) is 24.4 Å². The molecule has 0 bridgehead atoms. The molecule has 7 nitrogen and oxygen atoms in total. The highest BCUT2D eigenvalue weighted by Gasteiger charge is 2.19. The van der Waals surface area contributed by atoms with Crippen LogP contribution in [-0.2, 0) is 6.54 Å². The van der Waals surface area contributed by atoms with Crippen LogP contribution in [0.15, 0.2) is 60.8 Å².